The quantitative estimate of drug-likeness (QED) is 0.414. The van der Waals surface area contributed by atoms with E-state index in [0.717, 1.165) is 44.1 Å². The molecule has 0 amide bonds. The number of hydrogen-bond acceptors (Lipinski definition) is 8. The normalized spacial score (nSPS) is 13.9. The minimum Gasteiger partial charge on any atom is -0.462 e. The predicted octanol–water partition coefficient (Wildman–Crippen LogP) is 4.89. The minimum atomic E-state index is -0.332. The predicted molar refractivity (Wildman–Crippen MR) is 144 cm³/mol. The summed E-state index contributed by atoms with van der Waals surface area (Å²) in [4.78, 5) is 33.5. The smallest absolute Gasteiger partial charge is 0.342 e. The number of pyridine rings is 1. The molecule has 194 valence electrons. The first kappa shape index (κ1) is 26.2. The molecule has 8 heteroatoms. The highest BCUT2D eigenvalue weighted by atomic mass is 16.5. The molecule has 0 radical (unpaired) electrons. The number of ether oxygens (including phenoxy) is 2. The highest BCUT2D eigenvalue weighted by Crippen LogP contribution is 2.22. The molecule has 2 heterocycles. The van der Waals surface area contributed by atoms with Crippen molar-refractivity contribution in [2.24, 2.45) is 0 Å². The number of nitrogens with one attached hydrogen (secondary N) is 1. The largest absolute Gasteiger partial charge is 0.462 e. The zero-order valence-corrected chi connectivity index (χ0v) is 21.6. The van der Waals surface area contributed by atoms with Gasteiger partial charge in [0.05, 0.1) is 18.3 Å². The number of aromatic nitrogens is 1. The number of hydrogen-bond donors (Lipinski definition) is 1. The fourth-order valence-corrected chi connectivity index (χ4v) is 4.26. The van der Waals surface area contributed by atoms with Crippen LogP contribution in [0.25, 0.3) is 0 Å². The first-order valence-corrected chi connectivity index (χ1v) is 12.7. The van der Waals surface area contributed by atoms with Gasteiger partial charge in [0, 0.05) is 50.3 Å². The standard InChI is InChI=1S/C29H34N4O4/c1-4-36-28(34)23-7-5-8-25(19-23)31-24-12-10-22(11-13-24)20-32-15-17-33(18-16-32)27-26(9-6-14-30-27)29(35)37-21(2)3/h5-14,19,21,31H,4,15-18,20H2,1-3H3. The molecular weight excluding hydrogens is 468 g/mol. The van der Waals surface area contributed by atoms with Gasteiger partial charge in [-0.15, -0.1) is 0 Å². The molecule has 8 nitrogen and oxygen atoms in total. The zero-order valence-electron chi connectivity index (χ0n) is 21.6. The van der Waals surface area contributed by atoms with Gasteiger partial charge in [0.15, 0.2) is 0 Å². The molecule has 0 saturated carbocycles. The van der Waals surface area contributed by atoms with Crippen LogP contribution in [0.4, 0.5) is 17.2 Å². The summed E-state index contributed by atoms with van der Waals surface area (Å²) in [7, 11) is 0. The second-order valence-corrected chi connectivity index (χ2v) is 9.22. The van der Waals surface area contributed by atoms with Crippen LogP contribution in [0.5, 0.6) is 0 Å². The van der Waals surface area contributed by atoms with Crippen LogP contribution in [0.15, 0.2) is 66.9 Å². The molecule has 1 aliphatic heterocycles. The van der Waals surface area contributed by atoms with Gasteiger partial charge in [-0.3, -0.25) is 4.90 Å². The first-order valence-electron chi connectivity index (χ1n) is 12.7. The van der Waals surface area contributed by atoms with Gasteiger partial charge in [-0.05, 0) is 68.8 Å². The number of carbonyl (C=O) groups is 2. The lowest BCUT2D eigenvalue weighted by Crippen LogP contribution is -2.46. The SMILES string of the molecule is CCOC(=O)c1cccc(Nc2ccc(CN3CCN(c4ncccc4C(=O)OC(C)C)CC3)cc2)c1. The van der Waals surface area contributed by atoms with Gasteiger partial charge in [0.1, 0.15) is 11.4 Å². The second kappa shape index (κ2) is 12.4. The maximum atomic E-state index is 12.5. The number of carbonyl (C=O) groups excluding carboxylic acids is 2. The van der Waals surface area contributed by atoms with E-state index in [0.29, 0.717) is 23.6 Å². The van der Waals surface area contributed by atoms with Crippen molar-refractivity contribution in [2.75, 3.05) is 43.0 Å². The van der Waals surface area contributed by atoms with Gasteiger partial charge in [-0.2, -0.15) is 0 Å². The molecule has 1 aromatic heterocycles. The number of benzene rings is 2. The highest BCUT2D eigenvalue weighted by molar-refractivity contribution is 5.95. The Morgan fingerprint density at radius 1 is 0.946 bits per heavy atom. The summed E-state index contributed by atoms with van der Waals surface area (Å²) >= 11 is 0. The van der Waals surface area contributed by atoms with Gasteiger partial charge < -0.3 is 19.7 Å². The Morgan fingerprint density at radius 3 is 2.41 bits per heavy atom. The van der Waals surface area contributed by atoms with Crippen LogP contribution >= 0.6 is 0 Å². The van der Waals surface area contributed by atoms with Crippen molar-refractivity contribution < 1.29 is 19.1 Å². The van der Waals surface area contributed by atoms with Crippen molar-refractivity contribution in [1.82, 2.24) is 9.88 Å². The number of anilines is 3. The van der Waals surface area contributed by atoms with Crippen molar-refractivity contribution in [3.8, 4) is 0 Å². The lowest BCUT2D eigenvalue weighted by atomic mass is 10.1. The molecule has 0 unspecified atom stereocenters. The Bertz CT molecular complexity index is 1200. The molecule has 1 aliphatic rings. The molecule has 0 spiro atoms. The van der Waals surface area contributed by atoms with Crippen LogP contribution < -0.4 is 10.2 Å². The minimum absolute atomic E-state index is 0.172. The maximum absolute atomic E-state index is 12.5. The van der Waals surface area contributed by atoms with E-state index < -0.39 is 0 Å². The van der Waals surface area contributed by atoms with Crippen molar-refractivity contribution in [2.45, 2.75) is 33.4 Å². The van der Waals surface area contributed by atoms with E-state index in [1.807, 2.05) is 38.1 Å². The van der Waals surface area contributed by atoms with Crippen molar-refractivity contribution in [3.05, 3.63) is 83.6 Å². The third-order valence-corrected chi connectivity index (χ3v) is 6.04. The molecule has 2 aromatic carbocycles. The van der Waals surface area contributed by atoms with Crippen LogP contribution in [-0.2, 0) is 16.0 Å². The third kappa shape index (κ3) is 7.07. The lowest BCUT2D eigenvalue weighted by Gasteiger charge is -2.36. The molecule has 4 rings (SSSR count). The molecular formula is C29H34N4O4. The van der Waals surface area contributed by atoms with E-state index in [-0.39, 0.29) is 18.0 Å². The van der Waals surface area contributed by atoms with Crippen LogP contribution in [0, 0.1) is 0 Å². The number of esters is 2. The Balaban J connectivity index is 1.31. The molecule has 37 heavy (non-hydrogen) atoms. The zero-order chi connectivity index (χ0) is 26.2. The maximum Gasteiger partial charge on any atom is 0.342 e. The van der Waals surface area contributed by atoms with Crippen molar-refractivity contribution >= 4 is 29.1 Å². The van der Waals surface area contributed by atoms with Gasteiger partial charge in [-0.1, -0.05) is 18.2 Å². The second-order valence-electron chi connectivity index (χ2n) is 9.22. The summed E-state index contributed by atoms with van der Waals surface area (Å²) in [6.45, 7) is 10.00. The number of rotatable bonds is 9. The molecule has 1 N–H and O–H groups in total. The summed E-state index contributed by atoms with van der Waals surface area (Å²) in [6, 6.07) is 19.2. The van der Waals surface area contributed by atoms with Gasteiger partial charge in [-0.25, -0.2) is 14.6 Å². The van der Waals surface area contributed by atoms with Gasteiger partial charge in [0.2, 0.25) is 0 Å². The van der Waals surface area contributed by atoms with Crippen molar-refractivity contribution in [3.63, 3.8) is 0 Å². The molecule has 0 atom stereocenters. The number of nitrogens with zero attached hydrogens (tertiary/aromatic N) is 3. The van der Waals surface area contributed by atoms with E-state index in [1.165, 1.54) is 5.56 Å². The van der Waals surface area contributed by atoms with E-state index in [2.05, 4.69) is 32.2 Å². The van der Waals surface area contributed by atoms with E-state index in [1.54, 1.807) is 37.4 Å². The summed E-state index contributed by atoms with van der Waals surface area (Å²) in [5, 5.41) is 3.35. The monoisotopic (exact) mass is 502 g/mol. The fraction of sp³-hybridized carbons (Fsp3) is 0.345. The Kier molecular flexibility index (Phi) is 8.74. The molecule has 0 aliphatic carbocycles. The molecule has 1 fully saturated rings. The van der Waals surface area contributed by atoms with E-state index in [4.69, 9.17) is 9.47 Å². The van der Waals surface area contributed by atoms with Crippen LogP contribution in [0.1, 0.15) is 47.1 Å². The first-order chi connectivity index (χ1) is 17.9. The summed E-state index contributed by atoms with van der Waals surface area (Å²) in [5.74, 6) is 0.0356. The topological polar surface area (TPSA) is 84.0 Å². The van der Waals surface area contributed by atoms with Crippen LogP contribution in [0.2, 0.25) is 0 Å². The summed E-state index contributed by atoms with van der Waals surface area (Å²) < 4.78 is 10.5. The fourth-order valence-electron chi connectivity index (χ4n) is 4.26. The van der Waals surface area contributed by atoms with Crippen LogP contribution in [0.3, 0.4) is 0 Å². The molecule has 0 bridgehead atoms. The van der Waals surface area contributed by atoms with Gasteiger partial charge >= 0.3 is 11.9 Å². The Hall–Kier alpha value is -3.91. The van der Waals surface area contributed by atoms with Crippen LogP contribution in [-0.4, -0.2) is 60.7 Å². The molecule has 1 saturated heterocycles. The Labute approximate surface area is 218 Å². The Morgan fingerprint density at radius 2 is 1.70 bits per heavy atom. The van der Waals surface area contributed by atoms with Crippen molar-refractivity contribution in [1.29, 1.82) is 0 Å². The third-order valence-electron chi connectivity index (χ3n) is 6.04. The summed E-state index contributed by atoms with van der Waals surface area (Å²) in [6.07, 6.45) is 1.55. The van der Waals surface area contributed by atoms with E-state index >= 15 is 0 Å². The average Bonchev–Trinajstić information content (AvgIpc) is 2.90. The average molecular weight is 503 g/mol. The lowest BCUT2D eigenvalue weighted by molar-refractivity contribution is 0.0377. The van der Waals surface area contributed by atoms with Gasteiger partial charge in [0.25, 0.3) is 0 Å². The number of piperazine rings is 1. The van der Waals surface area contributed by atoms with E-state index in [9.17, 15) is 9.59 Å². The summed E-state index contributed by atoms with van der Waals surface area (Å²) in [5.41, 5.74) is 4.04. The highest BCUT2D eigenvalue weighted by Gasteiger charge is 2.23. The molecule has 3 aromatic rings.